The predicted octanol–water partition coefficient (Wildman–Crippen LogP) is 0.237. The summed E-state index contributed by atoms with van der Waals surface area (Å²) in [7, 11) is 1.90. The lowest BCUT2D eigenvalue weighted by Gasteiger charge is -2.21. The van der Waals surface area contributed by atoms with Gasteiger partial charge >= 0.3 is 9.28 Å². The average Bonchev–Trinajstić information content (AvgIpc) is 1.81. The van der Waals surface area contributed by atoms with E-state index in [1.807, 2.05) is 13.8 Å². The van der Waals surface area contributed by atoms with Crippen molar-refractivity contribution in [2.24, 2.45) is 5.73 Å². The van der Waals surface area contributed by atoms with E-state index in [4.69, 9.17) is 14.6 Å². The van der Waals surface area contributed by atoms with E-state index in [0.717, 1.165) is 6.04 Å². The highest BCUT2D eigenvalue weighted by molar-refractivity contribution is 6.44. The fourth-order valence-electron chi connectivity index (χ4n) is 0.692. The molecule has 0 aliphatic carbocycles. The summed E-state index contributed by atoms with van der Waals surface area (Å²) in [5, 5.41) is 0. The predicted molar refractivity (Wildman–Crippen MR) is 44.2 cm³/mol. The summed E-state index contributed by atoms with van der Waals surface area (Å²) in [6.45, 7) is 3.95. The summed E-state index contributed by atoms with van der Waals surface area (Å²) in [6.07, 6.45) is 0. The molecule has 0 unspecified atom stereocenters. The van der Waals surface area contributed by atoms with Crippen LogP contribution in [-0.4, -0.2) is 29.0 Å². The van der Waals surface area contributed by atoms with E-state index >= 15 is 0 Å². The van der Waals surface area contributed by atoms with Gasteiger partial charge in [0.1, 0.15) is 0 Å². The molecule has 2 N–H and O–H groups in total. The van der Waals surface area contributed by atoms with Gasteiger partial charge in [0.25, 0.3) is 0 Å². The van der Waals surface area contributed by atoms with Gasteiger partial charge in [-0.05, 0) is 13.8 Å². The van der Waals surface area contributed by atoms with Gasteiger partial charge in [-0.25, -0.2) is 0 Å². The first kappa shape index (κ1) is 10.1. The van der Waals surface area contributed by atoms with Crippen LogP contribution in [-0.2, 0) is 8.85 Å². The van der Waals surface area contributed by atoms with Crippen LogP contribution in [0.15, 0.2) is 0 Å². The molecule has 62 valence electrons. The lowest BCUT2D eigenvalue weighted by molar-refractivity contribution is 0.268. The molecule has 0 spiro atoms. The molecule has 0 saturated heterocycles. The molecule has 0 saturated carbocycles. The molecule has 0 bridgehead atoms. The van der Waals surface area contributed by atoms with E-state index < -0.39 is 9.28 Å². The second-order valence-electron chi connectivity index (χ2n) is 3.09. The lowest BCUT2D eigenvalue weighted by Crippen LogP contribution is -2.38. The van der Waals surface area contributed by atoms with Gasteiger partial charge in [0.15, 0.2) is 0 Å². The van der Waals surface area contributed by atoms with Crippen molar-refractivity contribution < 1.29 is 8.85 Å². The van der Waals surface area contributed by atoms with Crippen LogP contribution in [0.5, 0.6) is 0 Å². The monoisotopic (exact) mass is 163 g/mol. The Balaban J connectivity index is 3.63. The molecule has 4 heteroatoms. The van der Waals surface area contributed by atoms with E-state index in [0.29, 0.717) is 0 Å². The van der Waals surface area contributed by atoms with Crippen molar-refractivity contribution in [1.29, 1.82) is 0 Å². The van der Waals surface area contributed by atoms with Crippen molar-refractivity contribution in [2.45, 2.75) is 25.4 Å². The van der Waals surface area contributed by atoms with E-state index in [9.17, 15) is 0 Å². The summed E-state index contributed by atoms with van der Waals surface area (Å²) in [6, 6.07) is 0.847. The van der Waals surface area contributed by atoms with Crippen molar-refractivity contribution >= 4 is 9.28 Å². The van der Waals surface area contributed by atoms with Crippen LogP contribution in [0.1, 0.15) is 13.8 Å². The summed E-state index contributed by atoms with van der Waals surface area (Å²) in [5.74, 6) is 0. The highest BCUT2D eigenvalue weighted by atomic mass is 28.3. The van der Waals surface area contributed by atoms with Gasteiger partial charge in [-0.2, -0.15) is 0 Å². The fraction of sp³-hybridized carbons (Fsp3) is 1.00. The Hall–Kier alpha value is 0.0969. The summed E-state index contributed by atoms with van der Waals surface area (Å²) >= 11 is 0. The lowest BCUT2D eigenvalue weighted by atomic mass is 10.1. The molecule has 10 heavy (non-hydrogen) atoms. The highest BCUT2D eigenvalue weighted by Gasteiger charge is 2.20. The van der Waals surface area contributed by atoms with Crippen LogP contribution in [0, 0.1) is 0 Å². The zero-order valence-electron chi connectivity index (χ0n) is 7.18. The van der Waals surface area contributed by atoms with Crippen molar-refractivity contribution in [1.82, 2.24) is 0 Å². The summed E-state index contributed by atoms with van der Waals surface area (Å²) in [5.41, 5.74) is 5.60. The topological polar surface area (TPSA) is 44.5 Å². The molecular formula is C6H17NO2Si. The minimum absolute atomic E-state index is 0.164. The number of rotatable bonds is 4. The largest absolute Gasteiger partial charge is 0.400 e. The van der Waals surface area contributed by atoms with Crippen molar-refractivity contribution in [3.8, 4) is 0 Å². The summed E-state index contributed by atoms with van der Waals surface area (Å²) in [4.78, 5) is 0. The van der Waals surface area contributed by atoms with Crippen molar-refractivity contribution in [3.63, 3.8) is 0 Å². The Morgan fingerprint density at radius 1 is 1.30 bits per heavy atom. The van der Waals surface area contributed by atoms with Crippen LogP contribution in [0.4, 0.5) is 0 Å². The smallest absolute Gasteiger partial charge is 0.322 e. The van der Waals surface area contributed by atoms with Gasteiger partial charge in [0, 0.05) is 25.8 Å². The molecule has 0 aliphatic rings. The quantitative estimate of drug-likeness (QED) is 0.604. The molecule has 0 aliphatic heterocycles. The third kappa shape index (κ3) is 4.93. The molecule has 0 amide bonds. The Labute approximate surface area is 64.4 Å². The van der Waals surface area contributed by atoms with Crippen molar-refractivity contribution in [3.05, 3.63) is 0 Å². The standard InChI is InChI=1S/C6H17NO2Si/c1-6(2,7)5-10(8-3)9-4/h10H,5,7H2,1-4H3. The molecule has 0 radical (unpaired) electrons. The zero-order chi connectivity index (χ0) is 8.20. The SMILES string of the molecule is CO[SiH](CC(C)(C)N)OC. The minimum Gasteiger partial charge on any atom is -0.400 e. The first-order valence-electron chi connectivity index (χ1n) is 3.34. The Morgan fingerprint density at radius 3 is 1.80 bits per heavy atom. The molecule has 0 aromatic heterocycles. The fourth-order valence-corrected chi connectivity index (χ4v) is 2.08. The van der Waals surface area contributed by atoms with E-state index in [2.05, 4.69) is 0 Å². The first-order chi connectivity index (χ1) is 4.49. The van der Waals surface area contributed by atoms with Crippen LogP contribution in [0.25, 0.3) is 0 Å². The molecule has 0 rings (SSSR count). The number of nitrogens with two attached hydrogens (primary N) is 1. The maximum Gasteiger partial charge on any atom is 0.322 e. The molecule has 0 aromatic carbocycles. The van der Waals surface area contributed by atoms with Gasteiger partial charge < -0.3 is 14.6 Å². The van der Waals surface area contributed by atoms with Crippen molar-refractivity contribution in [2.75, 3.05) is 14.2 Å². The van der Waals surface area contributed by atoms with Crippen LogP contribution in [0.3, 0.4) is 0 Å². The Bertz CT molecular complexity index is 88.2. The minimum atomic E-state index is -1.44. The summed E-state index contributed by atoms with van der Waals surface area (Å²) < 4.78 is 10.2. The van der Waals surface area contributed by atoms with Crippen LogP contribution in [0.2, 0.25) is 6.04 Å². The molecule has 3 nitrogen and oxygen atoms in total. The molecule has 0 aromatic rings. The molecule has 0 atom stereocenters. The molecular weight excluding hydrogens is 146 g/mol. The second-order valence-corrected chi connectivity index (χ2v) is 5.30. The van der Waals surface area contributed by atoms with E-state index in [1.54, 1.807) is 14.2 Å². The Morgan fingerprint density at radius 2 is 1.70 bits per heavy atom. The second kappa shape index (κ2) is 4.08. The molecule has 0 fully saturated rings. The third-order valence-corrected chi connectivity index (χ3v) is 3.66. The van der Waals surface area contributed by atoms with Gasteiger partial charge in [-0.1, -0.05) is 0 Å². The van der Waals surface area contributed by atoms with Crippen LogP contribution >= 0.6 is 0 Å². The van der Waals surface area contributed by atoms with Crippen LogP contribution < -0.4 is 5.73 Å². The maximum atomic E-state index is 5.76. The van der Waals surface area contributed by atoms with E-state index in [-0.39, 0.29) is 5.54 Å². The Kier molecular flexibility index (Phi) is 4.11. The average molecular weight is 163 g/mol. The highest BCUT2D eigenvalue weighted by Crippen LogP contribution is 2.08. The zero-order valence-corrected chi connectivity index (χ0v) is 8.33. The normalized spacial score (nSPS) is 12.6. The maximum absolute atomic E-state index is 5.76. The van der Waals surface area contributed by atoms with Gasteiger partial charge in [0.2, 0.25) is 0 Å². The van der Waals surface area contributed by atoms with Gasteiger partial charge in [-0.3, -0.25) is 0 Å². The number of hydrogen-bond acceptors (Lipinski definition) is 3. The van der Waals surface area contributed by atoms with Gasteiger partial charge in [-0.15, -0.1) is 0 Å². The van der Waals surface area contributed by atoms with E-state index in [1.165, 1.54) is 0 Å². The number of hydrogen-bond donors (Lipinski definition) is 1. The van der Waals surface area contributed by atoms with Gasteiger partial charge in [0.05, 0.1) is 0 Å². The molecule has 0 heterocycles. The third-order valence-electron chi connectivity index (χ3n) is 1.22. The first-order valence-corrected chi connectivity index (χ1v) is 5.10.